The fourth-order valence-electron chi connectivity index (χ4n) is 7.30. The Labute approximate surface area is 351 Å². The molecule has 6 rings (SSSR count). The van der Waals surface area contributed by atoms with Gasteiger partial charge in [-0.3, -0.25) is 24.5 Å². The summed E-state index contributed by atoms with van der Waals surface area (Å²) in [5, 5.41) is 12.1. The van der Waals surface area contributed by atoms with Crippen LogP contribution in [0.1, 0.15) is 77.3 Å². The highest BCUT2D eigenvalue weighted by Gasteiger charge is 2.45. The molecule has 5 aromatic rings. The first-order chi connectivity index (χ1) is 28.9. The summed E-state index contributed by atoms with van der Waals surface area (Å²) < 4.78 is 42.4. The second-order valence-electron chi connectivity index (χ2n) is 15.3. The molecule has 2 unspecified atom stereocenters. The number of amides is 1. The summed E-state index contributed by atoms with van der Waals surface area (Å²) in [4.78, 5) is 37.7. The molecule has 60 heavy (non-hydrogen) atoms. The maximum absolute atomic E-state index is 13.3. The molecular weight excluding hydrogens is 785 g/mol. The molecule has 1 aliphatic heterocycles. The molecule has 1 aliphatic rings. The number of hydrogen-bond acceptors (Lipinski definition) is 12. The summed E-state index contributed by atoms with van der Waals surface area (Å²) in [5.74, 6) is 0.737. The standard InChI is InChI=1S/C44H54N7O8P/c1-28(2)40(52)48-43-47-39-38(41(53)49-43)46-27-50(39)42-37(59-60(57-24-12-23-45)51(29(3)4)30(5)6)25-36(58-42)26-56-44(31-13-10-9-11-14-31,32-15-19-34(54-7)20-16-32)33-17-21-35(55-8)22-18-33/h9-11,13-22,27-30,36-37,42H,12,24-26H2,1-8H3,(H2,47,48,49,52,53)/t36?,37-,42-,60?/m1/s1. The van der Waals surface area contributed by atoms with Crippen LogP contribution in [-0.4, -0.2) is 81.8 Å². The molecule has 2 aromatic heterocycles. The third-order valence-corrected chi connectivity index (χ3v) is 12.3. The van der Waals surface area contributed by atoms with Crippen LogP contribution in [0.2, 0.25) is 0 Å². The minimum atomic E-state index is -1.71. The van der Waals surface area contributed by atoms with Crippen LogP contribution in [-0.2, 0) is 28.9 Å². The van der Waals surface area contributed by atoms with E-state index in [4.69, 9.17) is 28.0 Å². The number of anilines is 1. The number of carbonyl (C=O) groups is 1. The highest BCUT2D eigenvalue weighted by Crippen LogP contribution is 2.51. The van der Waals surface area contributed by atoms with Crippen molar-refractivity contribution < 1.29 is 32.8 Å². The number of aromatic amines is 1. The average Bonchev–Trinajstić information content (AvgIpc) is 3.85. The van der Waals surface area contributed by atoms with Crippen LogP contribution in [0.25, 0.3) is 11.2 Å². The number of imidazole rings is 1. The van der Waals surface area contributed by atoms with E-state index in [9.17, 15) is 14.9 Å². The Morgan fingerprint density at radius 1 is 0.967 bits per heavy atom. The molecule has 3 aromatic carbocycles. The summed E-state index contributed by atoms with van der Waals surface area (Å²) in [6.45, 7) is 12.0. The zero-order valence-electron chi connectivity index (χ0n) is 35.3. The number of rotatable bonds is 19. The number of nitrogens with one attached hydrogen (secondary N) is 2. The van der Waals surface area contributed by atoms with Crippen molar-refractivity contribution in [3.63, 3.8) is 0 Å². The SMILES string of the molecule is COc1ccc(C(OCC2C[C@@H](OP(OCCC#N)N(C(C)C)C(C)C)[C@H](n3cnc4c(=O)[nH]c(NC(=O)C(C)C)nc43)O2)(c2ccccc2)c2ccc(OC)cc2)cc1. The van der Waals surface area contributed by atoms with Crippen molar-refractivity contribution in [1.82, 2.24) is 24.2 Å². The van der Waals surface area contributed by atoms with Gasteiger partial charge in [-0.15, -0.1) is 0 Å². The molecule has 2 N–H and O–H groups in total. The number of carbonyl (C=O) groups excluding carboxylic acids is 1. The Kier molecular flexibility index (Phi) is 14.7. The van der Waals surface area contributed by atoms with E-state index in [0.717, 1.165) is 16.7 Å². The molecule has 0 bridgehead atoms. The molecule has 4 atom stereocenters. The van der Waals surface area contributed by atoms with Crippen LogP contribution in [0, 0.1) is 17.2 Å². The van der Waals surface area contributed by atoms with Gasteiger partial charge in [0.25, 0.3) is 14.1 Å². The number of fused-ring (bicyclic) bond motifs is 1. The Bertz CT molecular complexity index is 2220. The summed E-state index contributed by atoms with van der Waals surface area (Å²) in [5.41, 5.74) is 1.25. The number of H-pyrrole nitrogens is 1. The number of aromatic nitrogens is 4. The third kappa shape index (κ3) is 9.71. The maximum atomic E-state index is 13.3. The molecule has 0 radical (unpaired) electrons. The molecule has 1 saturated heterocycles. The van der Waals surface area contributed by atoms with Gasteiger partial charge >= 0.3 is 0 Å². The van der Waals surface area contributed by atoms with E-state index < -0.39 is 38.1 Å². The fourth-order valence-corrected chi connectivity index (χ4v) is 9.02. The molecule has 318 valence electrons. The predicted molar refractivity (Wildman–Crippen MR) is 228 cm³/mol. The average molecular weight is 840 g/mol. The first-order valence-electron chi connectivity index (χ1n) is 20.1. The first-order valence-corrected chi connectivity index (χ1v) is 21.2. The van der Waals surface area contributed by atoms with E-state index in [1.54, 1.807) is 32.6 Å². The van der Waals surface area contributed by atoms with Crippen LogP contribution in [0.4, 0.5) is 5.95 Å². The predicted octanol–water partition coefficient (Wildman–Crippen LogP) is 7.69. The van der Waals surface area contributed by atoms with E-state index in [1.165, 1.54) is 6.33 Å². The van der Waals surface area contributed by atoms with Crippen LogP contribution in [0.3, 0.4) is 0 Å². The van der Waals surface area contributed by atoms with Gasteiger partial charge < -0.3 is 28.0 Å². The van der Waals surface area contributed by atoms with Gasteiger partial charge in [0.1, 0.15) is 23.2 Å². The summed E-state index contributed by atoms with van der Waals surface area (Å²) in [6, 6.07) is 27.9. The Morgan fingerprint density at radius 3 is 2.12 bits per heavy atom. The third-order valence-electron chi connectivity index (χ3n) is 10.2. The number of hydrogen-bond donors (Lipinski definition) is 2. The van der Waals surface area contributed by atoms with Crippen LogP contribution >= 0.6 is 8.53 Å². The van der Waals surface area contributed by atoms with Crippen molar-refractivity contribution in [1.29, 1.82) is 5.26 Å². The smallest absolute Gasteiger partial charge is 0.280 e. The second kappa shape index (κ2) is 19.9. The Balaban J connectivity index is 1.43. The van der Waals surface area contributed by atoms with Crippen molar-refractivity contribution in [3.8, 4) is 17.6 Å². The van der Waals surface area contributed by atoms with Crippen molar-refractivity contribution in [2.45, 2.75) is 90.5 Å². The lowest BCUT2D eigenvalue weighted by molar-refractivity contribution is -0.118. The molecule has 1 fully saturated rings. The lowest BCUT2D eigenvalue weighted by Crippen LogP contribution is -2.36. The minimum Gasteiger partial charge on any atom is -0.497 e. The van der Waals surface area contributed by atoms with Crippen molar-refractivity contribution in [2.75, 3.05) is 32.8 Å². The van der Waals surface area contributed by atoms with E-state index in [2.05, 4.69) is 58.7 Å². The van der Waals surface area contributed by atoms with Gasteiger partial charge in [-0.05, 0) is 68.7 Å². The zero-order valence-corrected chi connectivity index (χ0v) is 36.2. The molecule has 0 aliphatic carbocycles. The van der Waals surface area contributed by atoms with Gasteiger partial charge in [0.2, 0.25) is 11.9 Å². The van der Waals surface area contributed by atoms with E-state index in [-0.39, 0.29) is 60.7 Å². The lowest BCUT2D eigenvalue weighted by Gasteiger charge is -2.37. The van der Waals surface area contributed by atoms with Gasteiger partial charge in [-0.1, -0.05) is 68.4 Å². The van der Waals surface area contributed by atoms with Crippen molar-refractivity contribution >= 4 is 31.5 Å². The van der Waals surface area contributed by atoms with Crippen molar-refractivity contribution in [2.24, 2.45) is 5.92 Å². The molecule has 15 nitrogen and oxygen atoms in total. The summed E-state index contributed by atoms with van der Waals surface area (Å²) in [6.07, 6.45) is -0.0325. The number of benzene rings is 3. The molecule has 16 heteroatoms. The minimum absolute atomic E-state index is 0.0113. The number of ether oxygens (including phenoxy) is 4. The van der Waals surface area contributed by atoms with Gasteiger partial charge in [0.05, 0.1) is 52.4 Å². The zero-order chi connectivity index (χ0) is 43.0. The molecular formula is C44H54N7O8P. The summed E-state index contributed by atoms with van der Waals surface area (Å²) in [7, 11) is 1.55. The fraction of sp³-hybridized carbons (Fsp3) is 0.432. The maximum Gasteiger partial charge on any atom is 0.280 e. The first kappa shape index (κ1) is 44.4. The monoisotopic (exact) mass is 839 g/mol. The van der Waals surface area contributed by atoms with Crippen LogP contribution in [0.5, 0.6) is 11.5 Å². The quantitative estimate of drug-likeness (QED) is 0.0472. The van der Waals surface area contributed by atoms with Crippen LogP contribution < -0.4 is 20.3 Å². The number of nitriles is 1. The van der Waals surface area contributed by atoms with E-state index in [1.807, 2.05) is 78.9 Å². The second-order valence-corrected chi connectivity index (χ2v) is 16.7. The van der Waals surface area contributed by atoms with Gasteiger partial charge in [0, 0.05) is 24.4 Å². The van der Waals surface area contributed by atoms with Gasteiger partial charge in [0.15, 0.2) is 17.4 Å². The summed E-state index contributed by atoms with van der Waals surface area (Å²) >= 11 is 0. The van der Waals surface area contributed by atoms with E-state index in [0.29, 0.717) is 17.9 Å². The van der Waals surface area contributed by atoms with Gasteiger partial charge in [-0.25, -0.2) is 9.65 Å². The molecule has 0 saturated carbocycles. The number of methoxy groups -OCH3 is 2. The Hall–Kier alpha value is -5.20. The topological polar surface area (TPSA) is 175 Å². The number of nitrogens with zero attached hydrogens (tertiary/aromatic N) is 5. The molecule has 0 spiro atoms. The lowest BCUT2D eigenvalue weighted by atomic mass is 9.80. The largest absolute Gasteiger partial charge is 0.497 e. The van der Waals surface area contributed by atoms with Crippen LogP contribution in [0.15, 0.2) is 90.0 Å². The molecule has 3 heterocycles. The molecule has 1 amide bonds. The Morgan fingerprint density at radius 2 is 1.57 bits per heavy atom. The van der Waals surface area contributed by atoms with Gasteiger partial charge in [-0.2, -0.15) is 10.2 Å². The highest BCUT2D eigenvalue weighted by molar-refractivity contribution is 7.44. The highest BCUT2D eigenvalue weighted by atomic mass is 31.2. The van der Waals surface area contributed by atoms with Crippen molar-refractivity contribution in [3.05, 3.63) is 112 Å². The normalized spacial score (nSPS) is 17.4. The van der Waals surface area contributed by atoms with E-state index >= 15 is 0 Å².